The van der Waals surface area contributed by atoms with Crippen LogP contribution >= 0.6 is 0 Å². The van der Waals surface area contributed by atoms with Crippen molar-refractivity contribution in [1.29, 1.82) is 0 Å². The molecule has 0 aliphatic carbocycles. The SMILES string of the molecule is Cc1cccc2[nH]c(C3Cc4ccccc4N3)nc12. The van der Waals surface area contributed by atoms with Crippen molar-refractivity contribution in [3.63, 3.8) is 0 Å². The molecule has 0 saturated carbocycles. The summed E-state index contributed by atoms with van der Waals surface area (Å²) in [5, 5.41) is 3.54. The second kappa shape index (κ2) is 3.85. The van der Waals surface area contributed by atoms with Crippen molar-refractivity contribution < 1.29 is 0 Å². The summed E-state index contributed by atoms with van der Waals surface area (Å²) in [4.78, 5) is 8.20. The van der Waals surface area contributed by atoms with E-state index in [2.05, 4.69) is 59.7 Å². The van der Waals surface area contributed by atoms with Gasteiger partial charge in [0.25, 0.3) is 0 Å². The molecule has 1 aromatic heterocycles. The topological polar surface area (TPSA) is 40.7 Å². The van der Waals surface area contributed by atoms with Crippen molar-refractivity contribution >= 4 is 16.7 Å². The minimum Gasteiger partial charge on any atom is -0.375 e. The number of para-hydroxylation sites is 2. The third-order valence-corrected chi connectivity index (χ3v) is 3.83. The Morgan fingerprint density at radius 1 is 1.11 bits per heavy atom. The number of nitrogens with one attached hydrogen (secondary N) is 2. The van der Waals surface area contributed by atoms with E-state index in [0.29, 0.717) is 0 Å². The Labute approximate surface area is 111 Å². The monoisotopic (exact) mass is 249 g/mol. The molecular formula is C16H15N3. The van der Waals surface area contributed by atoms with Gasteiger partial charge in [-0.2, -0.15) is 0 Å². The molecule has 0 fully saturated rings. The van der Waals surface area contributed by atoms with E-state index in [1.807, 2.05) is 0 Å². The number of hydrogen-bond acceptors (Lipinski definition) is 2. The van der Waals surface area contributed by atoms with Gasteiger partial charge in [0.15, 0.2) is 0 Å². The van der Waals surface area contributed by atoms with Gasteiger partial charge in [0, 0.05) is 12.1 Å². The lowest BCUT2D eigenvalue weighted by Gasteiger charge is -2.06. The number of fused-ring (bicyclic) bond motifs is 2. The molecule has 0 spiro atoms. The molecule has 3 aromatic rings. The zero-order valence-electron chi connectivity index (χ0n) is 10.8. The predicted octanol–water partition coefficient (Wildman–Crippen LogP) is 3.58. The summed E-state index contributed by atoms with van der Waals surface area (Å²) in [6.45, 7) is 2.10. The molecule has 3 nitrogen and oxygen atoms in total. The third kappa shape index (κ3) is 1.62. The van der Waals surface area contributed by atoms with Crippen LogP contribution in [0.2, 0.25) is 0 Å². The quantitative estimate of drug-likeness (QED) is 0.692. The maximum Gasteiger partial charge on any atom is 0.130 e. The largest absolute Gasteiger partial charge is 0.375 e. The highest BCUT2D eigenvalue weighted by molar-refractivity contribution is 5.78. The van der Waals surface area contributed by atoms with Crippen molar-refractivity contribution in [3.05, 3.63) is 59.4 Å². The highest BCUT2D eigenvalue weighted by atomic mass is 15.0. The summed E-state index contributed by atoms with van der Waals surface area (Å²) in [6.07, 6.45) is 0.995. The number of aryl methyl sites for hydroxylation is 1. The summed E-state index contributed by atoms with van der Waals surface area (Å²) in [6, 6.07) is 15.0. The van der Waals surface area contributed by atoms with Gasteiger partial charge in [-0.15, -0.1) is 0 Å². The minimum atomic E-state index is 0.254. The summed E-state index contributed by atoms with van der Waals surface area (Å²) < 4.78 is 0. The molecule has 1 aliphatic rings. The van der Waals surface area contributed by atoms with Crippen LogP contribution in [-0.2, 0) is 6.42 Å². The van der Waals surface area contributed by atoms with Gasteiger partial charge in [0.2, 0.25) is 0 Å². The Hall–Kier alpha value is -2.29. The van der Waals surface area contributed by atoms with Crippen LogP contribution in [0.5, 0.6) is 0 Å². The standard InChI is InChI=1S/C16H15N3/c1-10-5-4-8-13-15(10)19-16(18-13)14-9-11-6-2-3-7-12(11)17-14/h2-8,14,17H,9H2,1H3,(H,18,19). The van der Waals surface area contributed by atoms with Gasteiger partial charge < -0.3 is 10.3 Å². The van der Waals surface area contributed by atoms with E-state index in [9.17, 15) is 0 Å². The summed E-state index contributed by atoms with van der Waals surface area (Å²) >= 11 is 0. The van der Waals surface area contributed by atoms with Crippen molar-refractivity contribution in [3.8, 4) is 0 Å². The molecule has 2 heterocycles. The van der Waals surface area contributed by atoms with Crippen LogP contribution in [0.1, 0.15) is 23.0 Å². The molecule has 3 heteroatoms. The van der Waals surface area contributed by atoms with Crippen LogP contribution in [0.25, 0.3) is 11.0 Å². The number of hydrogen-bond donors (Lipinski definition) is 2. The predicted molar refractivity (Wildman–Crippen MR) is 77.3 cm³/mol. The zero-order chi connectivity index (χ0) is 12.8. The molecule has 2 N–H and O–H groups in total. The van der Waals surface area contributed by atoms with Crippen LogP contribution in [0, 0.1) is 6.92 Å². The Balaban J connectivity index is 1.75. The Kier molecular flexibility index (Phi) is 2.15. The number of nitrogens with zero attached hydrogens (tertiary/aromatic N) is 1. The average molecular weight is 249 g/mol. The summed E-state index contributed by atoms with van der Waals surface area (Å²) in [5.74, 6) is 1.03. The van der Waals surface area contributed by atoms with Crippen molar-refractivity contribution in [1.82, 2.24) is 9.97 Å². The normalized spacial score (nSPS) is 17.4. The molecule has 0 amide bonds. The number of rotatable bonds is 1. The maximum atomic E-state index is 4.76. The van der Waals surface area contributed by atoms with Gasteiger partial charge in [-0.05, 0) is 30.2 Å². The molecule has 1 aliphatic heterocycles. The lowest BCUT2D eigenvalue weighted by Crippen LogP contribution is -2.07. The van der Waals surface area contributed by atoms with Crippen molar-refractivity contribution in [2.45, 2.75) is 19.4 Å². The summed E-state index contributed by atoms with van der Waals surface area (Å²) in [5.41, 5.74) is 6.01. The van der Waals surface area contributed by atoms with Crippen LogP contribution in [-0.4, -0.2) is 9.97 Å². The van der Waals surface area contributed by atoms with E-state index in [-0.39, 0.29) is 6.04 Å². The van der Waals surface area contributed by atoms with Gasteiger partial charge in [0.1, 0.15) is 5.82 Å². The fourth-order valence-electron chi connectivity index (χ4n) is 2.82. The number of benzene rings is 2. The van der Waals surface area contributed by atoms with Gasteiger partial charge in [-0.25, -0.2) is 4.98 Å². The fraction of sp³-hybridized carbons (Fsp3) is 0.188. The molecule has 0 saturated heterocycles. The maximum absolute atomic E-state index is 4.76. The van der Waals surface area contributed by atoms with E-state index < -0.39 is 0 Å². The first-order chi connectivity index (χ1) is 9.31. The number of imidazole rings is 1. The molecule has 94 valence electrons. The average Bonchev–Trinajstić information content (AvgIpc) is 3.02. The van der Waals surface area contributed by atoms with Crippen molar-refractivity contribution in [2.75, 3.05) is 5.32 Å². The highest BCUT2D eigenvalue weighted by Gasteiger charge is 2.24. The Bertz CT molecular complexity index is 733. The first-order valence-corrected chi connectivity index (χ1v) is 6.61. The van der Waals surface area contributed by atoms with Crippen LogP contribution in [0.15, 0.2) is 42.5 Å². The lowest BCUT2D eigenvalue weighted by molar-refractivity contribution is 0.767. The van der Waals surface area contributed by atoms with Gasteiger partial charge in [-0.1, -0.05) is 30.3 Å². The molecule has 0 bridgehead atoms. The second-order valence-electron chi connectivity index (χ2n) is 5.15. The van der Waals surface area contributed by atoms with E-state index in [1.54, 1.807) is 0 Å². The molecule has 19 heavy (non-hydrogen) atoms. The Morgan fingerprint density at radius 3 is 2.84 bits per heavy atom. The zero-order valence-corrected chi connectivity index (χ0v) is 10.8. The molecule has 1 atom stereocenters. The second-order valence-corrected chi connectivity index (χ2v) is 5.15. The van der Waals surface area contributed by atoms with Crippen LogP contribution in [0.3, 0.4) is 0 Å². The number of anilines is 1. The van der Waals surface area contributed by atoms with Gasteiger partial charge >= 0.3 is 0 Å². The molecule has 2 aromatic carbocycles. The molecule has 4 rings (SSSR count). The fourth-order valence-corrected chi connectivity index (χ4v) is 2.82. The minimum absolute atomic E-state index is 0.254. The summed E-state index contributed by atoms with van der Waals surface area (Å²) in [7, 11) is 0. The van der Waals surface area contributed by atoms with Crippen LogP contribution in [0.4, 0.5) is 5.69 Å². The van der Waals surface area contributed by atoms with E-state index in [4.69, 9.17) is 4.98 Å². The first kappa shape index (κ1) is 10.6. The van der Waals surface area contributed by atoms with E-state index in [0.717, 1.165) is 23.3 Å². The van der Waals surface area contributed by atoms with E-state index in [1.165, 1.54) is 16.8 Å². The number of aromatic amines is 1. The molecule has 0 radical (unpaired) electrons. The number of aromatic nitrogens is 2. The lowest BCUT2D eigenvalue weighted by atomic mass is 10.1. The molecular weight excluding hydrogens is 234 g/mol. The van der Waals surface area contributed by atoms with Gasteiger partial charge in [-0.3, -0.25) is 0 Å². The Morgan fingerprint density at radius 2 is 2.00 bits per heavy atom. The van der Waals surface area contributed by atoms with Crippen molar-refractivity contribution in [2.24, 2.45) is 0 Å². The smallest absolute Gasteiger partial charge is 0.130 e. The number of H-pyrrole nitrogens is 1. The first-order valence-electron chi connectivity index (χ1n) is 6.61. The van der Waals surface area contributed by atoms with Gasteiger partial charge in [0.05, 0.1) is 17.1 Å². The van der Waals surface area contributed by atoms with E-state index >= 15 is 0 Å². The third-order valence-electron chi connectivity index (χ3n) is 3.83. The molecule has 1 unspecified atom stereocenters. The highest BCUT2D eigenvalue weighted by Crippen LogP contribution is 2.33. The van der Waals surface area contributed by atoms with Crippen LogP contribution < -0.4 is 5.32 Å².